The number of phenols is 2. The summed E-state index contributed by atoms with van der Waals surface area (Å²) >= 11 is 0. The first-order valence-corrected chi connectivity index (χ1v) is 9.13. The van der Waals surface area contributed by atoms with Crippen molar-refractivity contribution in [2.24, 2.45) is 17.8 Å². The van der Waals surface area contributed by atoms with Crippen molar-refractivity contribution in [3.63, 3.8) is 0 Å². The van der Waals surface area contributed by atoms with Crippen molar-refractivity contribution in [2.45, 2.75) is 47.0 Å². The second-order valence-electron chi connectivity index (χ2n) is 7.43. The topological polar surface area (TPSA) is 74.6 Å². The van der Waals surface area contributed by atoms with Crippen LogP contribution in [-0.4, -0.2) is 22.3 Å². The highest BCUT2D eigenvalue weighted by molar-refractivity contribution is 5.83. The first-order chi connectivity index (χ1) is 12.3. The number of aromatic hydroxyl groups is 2. The minimum atomic E-state index is -0.161. The lowest BCUT2D eigenvalue weighted by atomic mass is 9.72. The summed E-state index contributed by atoms with van der Waals surface area (Å²) in [5.41, 5.74) is 2.08. The van der Waals surface area contributed by atoms with Crippen LogP contribution in [0.4, 0.5) is 0 Å². The Kier molecular flexibility index (Phi) is 6.41. The summed E-state index contributed by atoms with van der Waals surface area (Å²) in [5, 5.41) is 20.3. The van der Waals surface area contributed by atoms with Gasteiger partial charge in [0.2, 0.25) is 0 Å². The maximum atomic E-state index is 11.9. The zero-order valence-electron chi connectivity index (χ0n) is 16.0. The van der Waals surface area contributed by atoms with Crippen LogP contribution in [0.1, 0.15) is 55.1 Å². The van der Waals surface area contributed by atoms with E-state index in [9.17, 15) is 19.8 Å². The molecule has 3 unspecified atom stereocenters. The Labute approximate surface area is 155 Å². The highest BCUT2D eigenvalue weighted by atomic mass is 16.3. The van der Waals surface area contributed by atoms with Gasteiger partial charge >= 0.3 is 0 Å². The Bertz CT molecular complexity index is 758. The first kappa shape index (κ1) is 20.0. The number of rotatable bonds is 5. The van der Waals surface area contributed by atoms with Crippen molar-refractivity contribution < 1.29 is 19.8 Å². The van der Waals surface area contributed by atoms with Crippen molar-refractivity contribution in [1.29, 1.82) is 0 Å². The maximum Gasteiger partial charge on any atom is 0.154 e. The predicted octanol–water partition coefficient (Wildman–Crippen LogP) is 4.52. The zero-order chi connectivity index (χ0) is 19.4. The Morgan fingerprint density at radius 3 is 2.65 bits per heavy atom. The fourth-order valence-electron chi connectivity index (χ4n) is 3.64. The smallest absolute Gasteiger partial charge is 0.154 e. The summed E-state index contributed by atoms with van der Waals surface area (Å²) in [7, 11) is 0. The van der Waals surface area contributed by atoms with Crippen molar-refractivity contribution in [1.82, 2.24) is 0 Å². The number of hydrogen-bond donors (Lipinski definition) is 2. The molecule has 0 heterocycles. The van der Waals surface area contributed by atoms with E-state index >= 15 is 0 Å². The summed E-state index contributed by atoms with van der Waals surface area (Å²) in [6, 6.07) is 1.49. The Morgan fingerprint density at radius 2 is 2.00 bits per heavy atom. The molecule has 4 nitrogen and oxygen atoms in total. The van der Waals surface area contributed by atoms with Crippen molar-refractivity contribution in [3.8, 4) is 11.5 Å². The van der Waals surface area contributed by atoms with Crippen LogP contribution in [0.2, 0.25) is 0 Å². The van der Waals surface area contributed by atoms with Crippen LogP contribution in [0, 0.1) is 24.7 Å². The van der Waals surface area contributed by atoms with E-state index in [-0.39, 0.29) is 28.9 Å². The van der Waals surface area contributed by atoms with Gasteiger partial charge in [-0.05, 0) is 50.2 Å². The van der Waals surface area contributed by atoms with E-state index in [4.69, 9.17) is 0 Å². The molecule has 140 valence electrons. The number of allylic oxidation sites excluding steroid dienone is 4. The fourth-order valence-corrected chi connectivity index (χ4v) is 3.64. The lowest BCUT2D eigenvalue weighted by Crippen LogP contribution is -2.30. The second kappa shape index (κ2) is 8.35. The van der Waals surface area contributed by atoms with Crippen LogP contribution in [0.3, 0.4) is 0 Å². The van der Waals surface area contributed by atoms with E-state index in [1.54, 1.807) is 6.92 Å². The molecule has 4 heteroatoms. The number of aryl methyl sites for hydroxylation is 1. The molecular formula is C22H28O4. The molecule has 0 aliphatic heterocycles. The quantitative estimate of drug-likeness (QED) is 0.601. The molecule has 2 N–H and O–H groups in total. The molecule has 0 spiro atoms. The predicted molar refractivity (Wildman–Crippen MR) is 103 cm³/mol. The highest BCUT2D eigenvalue weighted by Gasteiger charge is 2.31. The number of phenolic OH excluding ortho intramolecular Hbond substituents is 2. The molecule has 1 fully saturated rings. The molecular weight excluding hydrogens is 328 g/mol. The number of Topliss-reactive ketones (excluding diaryl/α,β-unsaturated/α-hetero) is 1. The number of ketones is 1. The van der Waals surface area contributed by atoms with E-state index in [2.05, 4.69) is 13.0 Å². The van der Waals surface area contributed by atoms with E-state index in [0.29, 0.717) is 42.0 Å². The Morgan fingerprint density at radius 1 is 1.31 bits per heavy atom. The van der Waals surface area contributed by atoms with Crippen LogP contribution < -0.4 is 0 Å². The van der Waals surface area contributed by atoms with Crippen LogP contribution in [0.5, 0.6) is 11.5 Å². The van der Waals surface area contributed by atoms with E-state index in [1.807, 2.05) is 26.0 Å². The lowest BCUT2D eigenvalue weighted by molar-refractivity contribution is -0.126. The van der Waals surface area contributed by atoms with Gasteiger partial charge in [-0.25, -0.2) is 0 Å². The lowest BCUT2D eigenvalue weighted by Gasteiger charge is -2.31. The molecule has 1 aromatic rings. The summed E-state index contributed by atoms with van der Waals surface area (Å²) in [6.07, 6.45) is 8.53. The van der Waals surface area contributed by atoms with Gasteiger partial charge in [0.1, 0.15) is 17.3 Å². The first-order valence-electron chi connectivity index (χ1n) is 9.13. The summed E-state index contributed by atoms with van der Waals surface area (Å²) in [5.74, 6) is 0.914. The van der Waals surface area contributed by atoms with Gasteiger partial charge in [-0.15, -0.1) is 0 Å². The molecule has 3 atom stereocenters. The molecule has 1 saturated carbocycles. The number of aldehydes is 1. The average molecular weight is 356 g/mol. The molecule has 0 bridgehead atoms. The average Bonchev–Trinajstić information content (AvgIpc) is 2.58. The molecule has 0 aromatic heterocycles. The third kappa shape index (κ3) is 4.24. The largest absolute Gasteiger partial charge is 0.508 e. The third-order valence-electron chi connectivity index (χ3n) is 5.54. The van der Waals surface area contributed by atoms with E-state index in [1.165, 1.54) is 6.07 Å². The maximum absolute atomic E-state index is 11.9. The minimum Gasteiger partial charge on any atom is -0.508 e. The third-order valence-corrected chi connectivity index (χ3v) is 5.54. The molecule has 0 saturated heterocycles. The number of carbonyl (C=O) groups is 2. The SMILES string of the molecule is CC(=C/Cc1c(O)cc(C)c(C=O)c1O)/C=C/C1C(C)CCC(=O)C1C. The van der Waals surface area contributed by atoms with Gasteiger partial charge in [0.25, 0.3) is 0 Å². The Balaban J connectivity index is 2.16. The molecule has 1 aliphatic rings. The van der Waals surface area contributed by atoms with Crippen molar-refractivity contribution >= 4 is 12.1 Å². The van der Waals surface area contributed by atoms with Crippen LogP contribution >= 0.6 is 0 Å². The van der Waals surface area contributed by atoms with E-state index < -0.39 is 0 Å². The van der Waals surface area contributed by atoms with Gasteiger partial charge in [-0.1, -0.05) is 37.6 Å². The number of hydrogen-bond acceptors (Lipinski definition) is 4. The van der Waals surface area contributed by atoms with Gasteiger partial charge in [-0.2, -0.15) is 0 Å². The highest BCUT2D eigenvalue weighted by Crippen LogP contribution is 2.34. The van der Waals surface area contributed by atoms with Crippen molar-refractivity contribution in [2.75, 3.05) is 0 Å². The van der Waals surface area contributed by atoms with Crippen LogP contribution in [0.25, 0.3) is 0 Å². The number of benzene rings is 1. The van der Waals surface area contributed by atoms with Gasteiger partial charge in [0.15, 0.2) is 6.29 Å². The van der Waals surface area contributed by atoms with Gasteiger partial charge in [0.05, 0.1) is 5.56 Å². The van der Waals surface area contributed by atoms with E-state index in [0.717, 1.165) is 12.0 Å². The standard InChI is InChI=1S/C22H28O4/c1-13(5-8-17-14(2)7-10-20(24)16(17)4)6-9-18-21(25)11-15(3)19(12-23)22(18)26/h5-6,8,11-12,14,16-17,25-26H,7,9-10H2,1-4H3/b8-5+,13-6-. The van der Waals surface area contributed by atoms with Gasteiger partial charge in [0, 0.05) is 17.9 Å². The molecule has 0 radical (unpaired) electrons. The normalized spacial score (nSPS) is 24.2. The monoisotopic (exact) mass is 356 g/mol. The molecule has 2 rings (SSSR count). The molecule has 0 amide bonds. The fraction of sp³-hybridized carbons (Fsp3) is 0.455. The molecule has 1 aliphatic carbocycles. The second-order valence-corrected chi connectivity index (χ2v) is 7.43. The minimum absolute atomic E-state index is 0.0150. The zero-order valence-corrected chi connectivity index (χ0v) is 16.0. The molecule has 1 aromatic carbocycles. The van der Waals surface area contributed by atoms with Crippen molar-refractivity contribution in [3.05, 3.63) is 46.6 Å². The molecule has 26 heavy (non-hydrogen) atoms. The van der Waals surface area contributed by atoms with Crippen LogP contribution in [-0.2, 0) is 11.2 Å². The summed E-state index contributed by atoms with van der Waals surface area (Å²) < 4.78 is 0. The van der Waals surface area contributed by atoms with Crippen LogP contribution in [0.15, 0.2) is 29.9 Å². The Hall–Kier alpha value is -2.36. The summed E-state index contributed by atoms with van der Waals surface area (Å²) in [6.45, 7) is 7.79. The number of carbonyl (C=O) groups excluding carboxylic acids is 2. The summed E-state index contributed by atoms with van der Waals surface area (Å²) in [4.78, 5) is 23.1. The van der Waals surface area contributed by atoms with Gasteiger partial charge in [-0.3, -0.25) is 9.59 Å². The van der Waals surface area contributed by atoms with Gasteiger partial charge < -0.3 is 10.2 Å².